The Morgan fingerprint density at radius 3 is 2.86 bits per heavy atom. The van der Waals surface area contributed by atoms with Gasteiger partial charge in [0.1, 0.15) is 11.6 Å². The highest BCUT2D eigenvalue weighted by Crippen LogP contribution is 2.35. The molecule has 22 heavy (non-hydrogen) atoms. The number of aromatic nitrogens is 2. The van der Waals surface area contributed by atoms with Gasteiger partial charge in [-0.25, -0.2) is 4.39 Å². The van der Waals surface area contributed by atoms with Crippen LogP contribution in [0.25, 0.3) is 10.9 Å². The number of rotatable bonds is 1. The molecule has 3 aromatic rings. The van der Waals surface area contributed by atoms with Crippen LogP contribution in [-0.4, -0.2) is 16.7 Å². The molecule has 0 aliphatic carbocycles. The van der Waals surface area contributed by atoms with Crippen LogP contribution >= 0.6 is 12.4 Å². The Morgan fingerprint density at radius 2 is 2.14 bits per heavy atom. The van der Waals surface area contributed by atoms with Gasteiger partial charge in [0.25, 0.3) is 0 Å². The summed E-state index contributed by atoms with van der Waals surface area (Å²) in [6.07, 6.45) is 0.888. The summed E-state index contributed by atoms with van der Waals surface area (Å²) in [5.74, 6) is 0.624. The van der Waals surface area contributed by atoms with E-state index in [1.165, 1.54) is 11.6 Å². The zero-order valence-corrected chi connectivity index (χ0v) is 13.2. The minimum Gasteiger partial charge on any atom is -0.361 e. The van der Waals surface area contributed by atoms with Crippen molar-refractivity contribution >= 4 is 23.3 Å². The van der Waals surface area contributed by atoms with Crippen LogP contribution in [0.5, 0.6) is 0 Å². The van der Waals surface area contributed by atoms with Crippen LogP contribution in [0.2, 0.25) is 0 Å². The van der Waals surface area contributed by atoms with Gasteiger partial charge in [0.05, 0.1) is 11.7 Å². The van der Waals surface area contributed by atoms with E-state index in [0.717, 1.165) is 46.6 Å². The van der Waals surface area contributed by atoms with Crippen molar-refractivity contribution < 1.29 is 8.91 Å². The molecule has 2 aromatic heterocycles. The summed E-state index contributed by atoms with van der Waals surface area (Å²) in [5.41, 5.74) is 5.22. The van der Waals surface area contributed by atoms with E-state index in [2.05, 4.69) is 15.5 Å². The van der Waals surface area contributed by atoms with Gasteiger partial charge in [-0.1, -0.05) is 5.16 Å². The van der Waals surface area contributed by atoms with E-state index in [-0.39, 0.29) is 24.3 Å². The van der Waals surface area contributed by atoms with Crippen LogP contribution in [0.1, 0.15) is 34.3 Å². The zero-order chi connectivity index (χ0) is 14.6. The first-order valence-corrected chi connectivity index (χ1v) is 7.11. The number of fused-ring (bicyclic) bond motifs is 3. The molecule has 1 aliphatic rings. The molecule has 1 aliphatic heterocycles. The molecule has 6 heteroatoms. The van der Waals surface area contributed by atoms with Crippen LogP contribution in [0.4, 0.5) is 4.39 Å². The van der Waals surface area contributed by atoms with Crippen molar-refractivity contribution in [2.75, 3.05) is 6.54 Å². The third kappa shape index (κ3) is 2.12. The number of benzene rings is 1. The van der Waals surface area contributed by atoms with Crippen molar-refractivity contribution in [3.05, 3.63) is 52.3 Å². The second-order valence-electron chi connectivity index (χ2n) is 5.58. The Bertz CT molecular complexity index is 820. The molecule has 1 aromatic carbocycles. The average molecular weight is 322 g/mol. The molecule has 1 atom stereocenters. The molecule has 3 heterocycles. The molecule has 0 fully saturated rings. The van der Waals surface area contributed by atoms with Crippen LogP contribution in [0.3, 0.4) is 0 Å². The summed E-state index contributed by atoms with van der Waals surface area (Å²) < 4.78 is 18.8. The fourth-order valence-electron chi connectivity index (χ4n) is 3.35. The van der Waals surface area contributed by atoms with E-state index in [1.54, 1.807) is 12.1 Å². The van der Waals surface area contributed by atoms with E-state index in [1.807, 2.05) is 13.8 Å². The zero-order valence-electron chi connectivity index (χ0n) is 12.4. The minimum absolute atomic E-state index is 0. The normalized spacial score (nSPS) is 17.3. The SMILES string of the molecule is Cc1noc(C)c1C1NCCc2c1[nH]c1ccc(F)cc21.Cl. The van der Waals surface area contributed by atoms with Gasteiger partial charge in [-0.3, -0.25) is 0 Å². The van der Waals surface area contributed by atoms with Gasteiger partial charge in [-0.15, -0.1) is 12.4 Å². The Labute approximate surface area is 133 Å². The van der Waals surface area contributed by atoms with E-state index in [9.17, 15) is 4.39 Å². The standard InChI is InChI=1S/C16H16FN3O.ClH/c1-8-14(9(2)21-20-8)16-15-11(5-6-18-16)12-7-10(17)3-4-13(12)19-15;/h3-4,7,16,18-19H,5-6H2,1-2H3;1H. The summed E-state index contributed by atoms with van der Waals surface area (Å²) in [7, 11) is 0. The molecule has 1 unspecified atom stereocenters. The Morgan fingerprint density at radius 1 is 1.32 bits per heavy atom. The van der Waals surface area contributed by atoms with Crippen LogP contribution in [0, 0.1) is 19.7 Å². The minimum atomic E-state index is -0.197. The van der Waals surface area contributed by atoms with Gasteiger partial charge < -0.3 is 14.8 Å². The maximum Gasteiger partial charge on any atom is 0.139 e. The molecule has 4 nitrogen and oxygen atoms in total. The lowest BCUT2D eigenvalue weighted by Gasteiger charge is -2.24. The van der Waals surface area contributed by atoms with E-state index in [0.29, 0.717) is 0 Å². The number of halogens is 2. The summed E-state index contributed by atoms with van der Waals surface area (Å²) >= 11 is 0. The molecule has 0 saturated heterocycles. The molecule has 2 N–H and O–H groups in total. The predicted octanol–water partition coefficient (Wildman–Crippen LogP) is 3.57. The van der Waals surface area contributed by atoms with Gasteiger partial charge in [-0.2, -0.15) is 0 Å². The van der Waals surface area contributed by atoms with Crippen molar-refractivity contribution in [3.8, 4) is 0 Å². The maximum absolute atomic E-state index is 13.5. The third-order valence-corrected chi connectivity index (χ3v) is 4.29. The van der Waals surface area contributed by atoms with E-state index in [4.69, 9.17) is 4.52 Å². The van der Waals surface area contributed by atoms with Crippen LogP contribution < -0.4 is 5.32 Å². The smallest absolute Gasteiger partial charge is 0.139 e. The van der Waals surface area contributed by atoms with Gasteiger partial charge in [-0.05, 0) is 44.0 Å². The van der Waals surface area contributed by atoms with Gasteiger partial charge >= 0.3 is 0 Å². The third-order valence-electron chi connectivity index (χ3n) is 4.29. The van der Waals surface area contributed by atoms with Gasteiger partial charge in [0.2, 0.25) is 0 Å². The molecule has 0 bridgehead atoms. The molecular formula is C16H17ClFN3O. The maximum atomic E-state index is 13.5. The predicted molar refractivity (Wildman–Crippen MR) is 85.0 cm³/mol. The highest BCUT2D eigenvalue weighted by atomic mass is 35.5. The molecule has 0 amide bonds. The first kappa shape index (κ1) is 15.1. The first-order valence-electron chi connectivity index (χ1n) is 7.11. The summed E-state index contributed by atoms with van der Waals surface area (Å²) in [5, 5.41) is 8.53. The fraction of sp³-hybridized carbons (Fsp3) is 0.312. The number of nitrogens with zero attached hydrogens (tertiary/aromatic N) is 1. The first-order chi connectivity index (χ1) is 10.1. The average Bonchev–Trinajstić information content (AvgIpc) is 2.99. The lowest BCUT2D eigenvalue weighted by molar-refractivity contribution is 0.390. The number of hydrogen-bond acceptors (Lipinski definition) is 3. The molecule has 0 spiro atoms. The molecule has 4 rings (SSSR count). The highest BCUT2D eigenvalue weighted by molar-refractivity contribution is 5.86. The number of H-pyrrole nitrogens is 1. The summed E-state index contributed by atoms with van der Waals surface area (Å²) in [6.45, 7) is 4.73. The molecule has 0 saturated carbocycles. The monoisotopic (exact) mass is 321 g/mol. The van der Waals surface area contributed by atoms with Crippen molar-refractivity contribution in [2.45, 2.75) is 26.3 Å². The van der Waals surface area contributed by atoms with Gasteiger partial charge in [0.15, 0.2) is 0 Å². The second-order valence-corrected chi connectivity index (χ2v) is 5.58. The van der Waals surface area contributed by atoms with E-state index >= 15 is 0 Å². The van der Waals surface area contributed by atoms with Crippen molar-refractivity contribution in [1.82, 2.24) is 15.5 Å². The lowest BCUT2D eigenvalue weighted by Crippen LogP contribution is -2.31. The van der Waals surface area contributed by atoms with Crippen LogP contribution in [0.15, 0.2) is 22.7 Å². The summed E-state index contributed by atoms with van der Waals surface area (Å²) in [6, 6.07) is 4.92. The number of nitrogens with one attached hydrogen (secondary N) is 2. The van der Waals surface area contributed by atoms with Crippen LogP contribution in [-0.2, 0) is 6.42 Å². The second kappa shape index (κ2) is 5.41. The van der Waals surface area contributed by atoms with Crippen molar-refractivity contribution in [2.24, 2.45) is 0 Å². The van der Waals surface area contributed by atoms with Gasteiger partial charge in [0, 0.05) is 28.7 Å². The largest absolute Gasteiger partial charge is 0.361 e. The summed E-state index contributed by atoms with van der Waals surface area (Å²) in [4.78, 5) is 3.44. The topological polar surface area (TPSA) is 53.9 Å². The van der Waals surface area contributed by atoms with Crippen molar-refractivity contribution in [3.63, 3.8) is 0 Å². The van der Waals surface area contributed by atoms with E-state index < -0.39 is 0 Å². The highest BCUT2D eigenvalue weighted by Gasteiger charge is 2.29. The van der Waals surface area contributed by atoms with Crippen molar-refractivity contribution in [1.29, 1.82) is 0 Å². The fourth-order valence-corrected chi connectivity index (χ4v) is 3.35. The molecular weight excluding hydrogens is 305 g/mol. The number of aromatic amines is 1. The Kier molecular flexibility index (Phi) is 3.70. The lowest BCUT2D eigenvalue weighted by atomic mass is 9.93. The molecule has 116 valence electrons. The number of aryl methyl sites for hydroxylation is 2. The number of hydrogen-bond donors (Lipinski definition) is 2. The Hall–Kier alpha value is -1.85. The Balaban J connectivity index is 0.00000144. The quantitative estimate of drug-likeness (QED) is 0.720. The molecule has 0 radical (unpaired) electrons.